The zero-order chi connectivity index (χ0) is 22.3. The molecule has 0 spiro atoms. The van der Waals surface area contributed by atoms with E-state index in [0.29, 0.717) is 0 Å². The van der Waals surface area contributed by atoms with Crippen molar-refractivity contribution in [2.45, 2.75) is 0 Å². The molecule has 0 nitrogen and oxygen atoms in total. The Morgan fingerprint density at radius 2 is 0.812 bits per heavy atom. The molecule has 0 aliphatic carbocycles. The molecule has 32 heavy (non-hydrogen) atoms. The molecule has 0 heterocycles. The fourth-order valence-corrected chi connectivity index (χ4v) is 3.17. The number of benzene rings is 4. The molecule has 0 amide bonds. The first-order valence-corrected chi connectivity index (χ1v) is 10.8. The van der Waals surface area contributed by atoms with Crippen molar-refractivity contribution in [1.29, 1.82) is 0 Å². The van der Waals surface area contributed by atoms with Gasteiger partial charge in [-0.2, -0.15) is 0 Å². The molecular weight excluding hydrogens is 384 g/mol. The zero-order valence-electron chi connectivity index (χ0n) is 18.2. The average molecular weight is 413 g/mol. The van der Waals surface area contributed by atoms with Gasteiger partial charge < -0.3 is 0 Å². The molecule has 0 unspecified atom stereocenters. The van der Waals surface area contributed by atoms with Crippen molar-refractivity contribution in [1.82, 2.24) is 0 Å². The lowest BCUT2D eigenvalue weighted by molar-refractivity contribution is 1.55. The van der Waals surface area contributed by atoms with Crippen LogP contribution in [0.5, 0.6) is 0 Å². The van der Waals surface area contributed by atoms with Gasteiger partial charge in [0.15, 0.2) is 0 Å². The van der Waals surface area contributed by atoms with Crippen LogP contribution in [0, 0.1) is 0 Å². The summed E-state index contributed by atoms with van der Waals surface area (Å²) >= 11 is 0. The first-order valence-electron chi connectivity index (χ1n) is 10.8. The maximum absolute atomic E-state index is 3.78. The van der Waals surface area contributed by atoms with Crippen LogP contribution in [-0.2, 0) is 0 Å². The second-order valence-corrected chi connectivity index (χ2v) is 7.09. The third-order valence-corrected chi connectivity index (χ3v) is 4.74. The summed E-state index contributed by atoms with van der Waals surface area (Å²) in [6, 6.07) is 41.3. The van der Waals surface area contributed by atoms with E-state index < -0.39 is 0 Å². The van der Waals surface area contributed by atoms with Gasteiger partial charge in [-0.05, 0) is 27.8 Å². The van der Waals surface area contributed by atoms with E-state index in [1.165, 1.54) is 27.8 Å². The molecular formula is C32H28. The summed E-state index contributed by atoms with van der Waals surface area (Å²) in [5.41, 5.74) is 6.08. The van der Waals surface area contributed by atoms with Gasteiger partial charge in [0.25, 0.3) is 0 Å². The maximum atomic E-state index is 3.78. The molecule has 0 radical (unpaired) electrons. The van der Waals surface area contributed by atoms with Crippen molar-refractivity contribution in [3.63, 3.8) is 0 Å². The number of hydrogen-bond donors (Lipinski definition) is 0. The fraction of sp³-hybridized carbons (Fsp3) is 0. The highest BCUT2D eigenvalue weighted by atomic mass is 14.1. The number of hydrogen-bond acceptors (Lipinski definition) is 0. The molecule has 4 aromatic carbocycles. The fourth-order valence-electron chi connectivity index (χ4n) is 3.17. The molecule has 0 atom stereocenters. The summed E-state index contributed by atoms with van der Waals surface area (Å²) < 4.78 is 0. The van der Waals surface area contributed by atoms with Crippen LogP contribution in [0.15, 0.2) is 152 Å². The Morgan fingerprint density at radius 1 is 0.469 bits per heavy atom. The van der Waals surface area contributed by atoms with Crippen molar-refractivity contribution in [3.8, 4) is 0 Å². The molecule has 0 N–H and O–H groups in total. The lowest BCUT2D eigenvalue weighted by atomic mass is 9.98. The van der Waals surface area contributed by atoms with Crippen LogP contribution in [-0.4, -0.2) is 0 Å². The van der Waals surface area contributed by atoms with Gasteiger partial charge in [0.1, 0.15) is 0 Å². The van der Waals surface area contributed by atoms with Gasteiger partial charge in [0.2, 0.25) is 0 Å². The third kappa shape index (κ3) is 7.59. The van der Waals surface area contributed by atoms with Gasteiger partial charge in [0, 0.05) is 0 Å². The quantitative estimate of drug-likeness (QED) is 0.278. The monoisotopic (exact) mass is 412 g/mol. The maximum Gasteiger partial charge on any atom is -0.0112 e. The van der Waals surface area contributed by atoms with Crippen LogP contribution >= 0.6 is 0 Å². The molecule has 0 aliphatic heterocycles. The van der Waals surface area contributed by atoms with E-state index in [1.54, 1.807) is 0 Å². The van der Waals surface area contributed by atoms with Crippen LogP contribution in [0.2, 0.25) is 0 Å². The van der Waals surface area contributed by atoms with Crippen LogP contribution in [0.25, 0.3) is 17.7 Å². The smallest absolute Gasteiger partial charge is 0.0112 e. The van der Waals surface area contributed by atoms with Crippen LogP contribution in [0.1, 0.15) is 22.3 Å². The molecule has 156 valence electrons. The van der Waals surface area contributed by atoms with E-state index in [9.17, 15) is 0 Å². The number of rotatable bonds is 6. The van der Waals surface area contributed by atoms with Gasteiger partial charge in [0.05, 0.1) is 0 Å². The highest BCUT2D eigenvalue weighted by molar-refractivity contribution is 5.80. The van der Waals surface area contributed by atoms with Gasteiger partial charge in [-0.25, -0.2) is 0 Å². The van der Waals surface area contributed by atoms with Crippen molar-refractivity contribution in [2.75, 3.05) is 0 Å². The Bertz CT molecular complexity index is 1040. The SMILES string of the molecule is C(/C=C/c1ccccc1)=C\c1ccccc1.C=CC=C(c1ccccc1)c1ccccc1. The Morgan fingerprint density at radius 3 is 1.16 bits per heavy atom. The second-order valence-electron chi connectivity index (χ2n) is 7.09. The van der Waals surface area contributed by atoms with Crippen molar-refractivity contribution >= 4 is 17.7 Å². The summed E-state index contributed by atoms with van der Waals surface area (Å²) in [4.78, 5) is 0. The molecule has 0 bridgehead atoms. The predicted molar refractivity (Wildman–Crippen MR) is 141 cm³/mol. The molecule has 0 aromatic heterocycles. The summed E-state index contributed by atoms with van der Waals surface area (Å²) in [5, 5.41) is 0. The van der Waals surface area contributed by atoms with Crippen molar-refractivity contribution in [2.24, 2.45) is 0 Å². The second kappa shape index (κ2) is 13.2. The van der Waals surface area contributed by atoms with E-state index in [2.05, 4.69) is 104 Å². The first kappa shape index (κ1) is 22.5. The Hall–Kier alpha value is -4.16. The summed E-state index contributed by atoms with van der Waals surface area (Å²) in [6.45, 7) is 3.78. The van der Waals surface area contributed by atoms with Gasteiger partial charge in [-0.3, -0.25) is 0 Å². The first-order chi connectivity index (χ1) is 15.9. The average Bonchev–Trinajstić information content (AvgIpc) is 2.88. The van der Waals surface area contributed by atoms with E-state index in [-0.39, 0.29) is 0 Å². The van der Waals surface area contributed by atoms with Gasteiger partial charge in [-0.1, -0.05) is 164 Å². The normalized spacial score (nSPS) is 10.4. The minimum absolute atomic E-state index is 1.20. The van der Waals surface area contributed by atoms with Crippen molar-refractivity contribution < 1.29 is 0 Å². The molecule has 0 heteroatoms. The summed E-state index contributed by atoms with van der Waals surface area (Å²) in [7, 11) is 0. The highest BCUT2D eigenvalue weighted by Crippen LogP contribution is 2.22. The predicted octanol–water partition coefficient (Wildman–Crippen LogP) is 8.72. The zero-order valence-corrected chi connectivity index (χ0v) is 18.2. The molecule has 0 aliphatic rings. The standard InChI is InChI=1S/2C16H14/c1-3-9-15(10-4-1)13-7-8-14-16-11-5-2-6-12-16;1-2-9-16(14-10-5-3-6-11-14)15-12-7-4-8-13-15/h1-14H;2-13H,1H2/b13-7+,14-8+;. The largest absolute Gasteiger partial charge is 0.0990 e. The lowest BCUT2D eigenvalue weighted by Crippen LogP contribution is -1.86. The Balaban J connectivity index is 0.000000181. The highest BCUT2D eigenvalue weighted by Gasteiger charge is 2.01. The van der Waals surface area contributed by atoms with E-state index in [0.717, 1.165) is 0 Å². The van der Waals surface area contributed by atoms with E-state index in [1.807, 2.05) is 60.7 Å². The molecule has 0 saturated heterocycles. The van der Waals surface area contributed by atoms with E-state index in [4.69, 9.17) is 0 Å². The Labute approximate surface area is 192 Å². The minimum atomic E-state index is 1.20. The van der Waals surface area contributed by atoms with Gasteiger partial charge >= 0.3 is 0 Å². The minimum Gasteiger partial charge on any atom is -0.0990 e. The number of allylic oxidation sites excluding steroid dienone is 4. The Kier molecular flexibility index (Phi) is 9.29. The molecule has 4 rings (SSSR count). The molecule has 4 aromatic rings. The lowest BCUT2D eigenvalue weighted by Gasteiger charge is -2.07. The molecule has 0 saturated carbocycles. The summed E-state index contributed by atoms with van der Waals surface area (Å²) in [6.07, 6.45) is 12.2. The van der Waals surface area contributed by atoms with Crippen LogP contribution < -0.4 is 0 Å². The topological polar surface area (TPSA) is 0 Å². The van der Waals surface area contributed by atoms with E-state index >= 15 is 0 Å². The molecule has 0 fully saturated rings. The van der Waals surface area contributed by atoms with Crippen molar-refractivity contribution in [3.05, 3.63) is 174 Å². The third-order valence-electron chi connectivity index (χ3n) is 4.74. The van der Waals surface area contributed by atoms with Crippen LogP contribution in [0.4, 0.5) is 0 Å². The summed E-state index contributed by atoms with van der Waals surface area (Å²) in [5.74, 6) is 0. The van der Waals surface area contributed by atoms with Gasteiger partial charge in [-0.15, -0.1) is 0 Å². The van der Waals surface area contributed by atoms with Crippen LogP contribution in [0.3, 0.4) is 0 Å².